The molecule has 2 aromatic rings. The number of para-hydroxylation sites is 1. The van der Waals surface area contributed by atoms with Crippen molar-refractivity contribution in [1.29, 1.82) is 0 Å². The molecular formula is C18H23N3O3. The predicted octanol–water partition coefficient (Wildman–Crippen LogP) is 2.04. The van der Waals surface area contributed by atoms with E-state index in [1.54, 1.807) is 24.3 Å². The number of nitrogens with zero attached hydrogens (tertiary/aromatic N) is 2. The smallest absolute Gasteiger partial charge is 0.329 e. The van der Waals surface area contributed by atoms with Crippen molar-refractivity contribution in [2.75, 3.05) is 13.1 Å². The maximum Gasteiger partial charge on any atom is 0.329 e. The molecule has 0 spiro atoms. The van der Waals surface area contributed by atoms with Crippen molar-refractivity contribution in [3.05, 3.63) is 45.1 Å². The molecule has 1 aliphatic heterocycles. The Morgan fingerprint density at radius 1 is 1.12 bits per heavy atom. The number of amides is 1. The molecule has 0 radical (unpaired) electrons. The van der Waals surface area contributed by atoms with Crippen LogP contribution in [0.1, 0.15) is 45.1 Å². The average Bonchev–Trinajstić information content (AvgIpc) is 2.87. The van der Waals surface area contributed by atoms with Gasteiger partial charge in [-0.05, 0) is 31.4 Å². The third kappa shape index (κ3) is 3.00. The number of hydrogen-bond acceptors (Lipinski definition) is 3. The topological polar surface area (TPSA) is 75.2 Å². The Morgan fingerprint density at radius 2 is 1.79 bits per heavy atom. The van der Waals surface area contributed by atoms with Crippen LogP contribution >= 0.6 is 0 Å². The van der Waals surface area contributed by atoms with Gasteiger partial charge in [-0.25, -0.2) is 9.36 Å². The molecule has 24 heavy (non-hydrogen) atoms. The minimum Gasteiger partial charge on any atom is -0.341 e. The van der Waals surface area contributed by atoms with Crippen molar-refractivity contribution >= 4 is 16.8 Å². The van der Waals surface area contributed by atoms with Crippen LogP contribution in [-0.4, -0.2) is 33.4 Å². The summed E-state index contributed by atoms with van der Waals surface area (Å²) in [6.07, 6.45) is 4.61. The summed E-state index contributed by atoms with van der Waals surface area (Å²) in [5.41, 5.74) is -0.418. The molecule has 128 valence electrons. The quantitative estimate of drug-likeness (QED) is 0.936. The highest BCUT2D eigenvalue weighted by Gasteiger charge is 2.27. The molecule has 6 heteroatoms. The van der Waals surface area contributed by atoms with E-state index in [1.807, 2.05) is 11.8 Å². The monoisotopic (exact) mass is 329 g/mol. The lowest BCUT2D eigenvalue weighted by Gasteiger charge is -2.26. The molecule has 0 unspecified atom stereocenters. The van der Waals surface area contributed by atoms with E-state index in [2.05, 4.69) is 4.98 Å². The zero-order chi connectivity index (χ0) is 17.1. The highest BCUT2D eigenvalue weighted by molar-refractivity contribution is 5.81. The number of rotatable bonds is 3. The van der Waals surface area contributed by atoms with E-state index in [0.717, 1.165) is 30.3 Å². The number of fused-ring (bicyclic) bond motifs is 1. The minimum absolute atomic E-state index is 0.123. The van der Waals surface area contributed by atoms with E-state index in [9.17, 15) is 14.4 Å². The van der Waals surface area contributed by atoms with E-state index < -0.39 is 17.3 Å². The fraction of sp³-hybridized carbons (Fsp3) is 0.500. The van der Waals surface area contributed by atoms with E-state index in [-0.39, 0.29) is 5.91 Å². The molecule has 2 heterocycles. The Hall–Kier alpha value is -2.37. The lowest BCUT2D eigenvalue weighted by atomic mass is 10.1. The molecule has 0 saturated carbocycles. The van der Waals surface area contributed by atoms with Crippen molar-refractivity contribution in [3.63, 3.8) is 0 Å². The minimum atomic E-state index is -0.746. The van der Waals surface area contributed by atoms with Crippen LogP contribution in [0, 0.1) is 0 Å². The van der Waals surface area contributed by atoms with Crippen LogP contribution in [0.2, 0.25) is 0 Å². The average molecular weight is 329 g/mol. The van der Waals surface area contributed by atoms with Gasteiger partial charge in [-0.1, -0.05) is 31.9 Å². The number of likely N-dealkylation sites (tertiary alicyclic amines) is 1. The molecule has 0 aliphatic carbocycles. The molecule has 1 saturated heterocycles. The number of nitrogens with one attached hydrogen (secondary N) is 1. The molecule has 6 nitrogen and oxygen atoms in total. The Bertz CT molecular complexity index is 844. The van der Waals surface area contributed by atoms with Gasteiger partial charge in [-0.2, -0.15) is 0 Å². The molecule has 1 fully saturated rings. The maximum atomic E-state index is 12.9. The number of benzene rings is 1. The second-order valence-electron chi connectivity index (χ2n) is 6.31. The number of aromatic amines is 1. The largest absolute Gasteiger partial charge is 0.341 e. The SMILES string of the molecule is CC[C@@H](C(=O)N1CCCCCC1)n1c(=O)[nH]c2ccccc2c1=O. The first-order valence-corrected chi connectivity index (χ1v) is 8.66. The lowest BCUT2D eigenvalue weighted by Crippen LogP contribution is -2.46. The number of aromatic nitrogens is 2. The molecule has 1 atom stereocenters. The second kappa shape index (κ2) is 7.03. The molecule has 1 aliphatic rings. The van der Waals surface area contributed by atoms with Gasteiger partial charge in [0.05, 0.1) is 10.9 Å². The fourth-order valence-corrected chi connectivity index (χ4v) is 3.43. The number of carbonyl (C=O) groups is 1. The molecule has 1 N–H and O–H groups in total. The van der Waals surface area contributed by atoms with Gasteiger partial charge in [-0.15, -0.1) is 0 Å². The van der Waals surface area contributed by atoms with Crippen molar-refractivity contribution in [2.24, 2.45) is 0 Å². The summed E-state index contributed by atoms with van der Waals surface area (Å²) in [7, 11) is 0. The first-order valence-electron chi connectivity index (χ1n) is 8.66. The van der Waals surface area contributed by atoms with Crippen LogP contribution in [0.15, 0.2) is 33.9 Å². The van der Waals surface area contributed by atoms with Crippen LogP contribution in [-0.2, 0) is 4.79 Å². The Morgan fingerprint density at radius 3 is 2.46 bits per heavy atom. The molecule has 0 bridgehead atoms. The highest BCUT2D eigenvalue weighted by atomic mass is 16.2. The van der Waals surface area contributed by atoms with Gasteiger partial charge in [0.15, 0.2) is 0 Å². The first kappa shape index (κ1) is 16.5. The molecule has 3 rings (SSSR count). The number of H-pyrrole nitrogens is 1. The van der Waals surface area contributed by atoms with E-state index in [4.69, 9.17) is 0 Å². The highest BCUT2D eigenvalue weighted by Crippen LogP contribution is 2.17. The van der Waals surface area contributed by atoms with Crippen LogP contribution in [0.3, 0.4) is 0 Å². The van der Waals surface area contributed by atoms with Gasteiger partial charge in [-0.3, -0.25) is 9.59 Å². The van der Waals surface area contributed by atoms with Crippen molar-refractivity contribution in [2.45, 2.75) is 45.1 Å². The van der Waals surface area contributed by atoms with Crippen molar-refractivity contribution in [1.82, 2.24) is 14.5 Å². The Balaban J connectivity index is 2.04. The zero-order valence-electron chi connectivity index (χ0n) is 14.0. The van der Waals surface area contributed by atoms with Gasteiger partial charge in [0, 0.05) is 13.1 Å². The van der Waals surface area contributed by atoms with Crippen molar-refractivity contribution < 1.29 is 4.79 Å². The van der Waals surface area contributed by atoms with Crippen LogP contribution in [0.25, 0.3) is 10.9 Å². The van der Waals surface area contributed by atoms with Crippen molar-refractivity contribution in [3.8, 4) is 0 Å². The maximum absolute atomic E-state index is 12.9. The van der Waals surface area contributed by atoms with E-state index in [1.165, 1.54) is 0 Å². The summed E-state index contributed by atoms with van der Waals surface area (Å²) in [5.74, 6) is -0.123. The summed E-state index contributed by atoms with van der Waals surface area (Å²) in [6, 6.07) is 6.14. The predicted molar refractivity (Wildman–Crippen MR) is 93.2 cm³/mol. The Kier molecular flexibility index (Phi) is 4.83. The van der Waals surface area contributed by atoms with Gasteiger partial charge < -0.3 is 9.88 Å². The normalized spacial score (nSPS) is 16.8. The standard InChI is InChI=1S/C18H23N3O3/c1-2-15(17(23)20-11-7-3-4-8-12-20)21-16(22)13-9-5-6-10-14(13)19-18(21)24/h5-6,9-10,15H,2-4,7-8,11-12H2,1H3,(H,19,24)/t15-/m0/s1. The molecule has 1 amide bonds. The summed E-state index contributed by atoms with van der Waals surface area (Å²) >= 11 is 0. The van der Waals surface area contributed by atoms with Gasteiger partial charge in [0.25, 0.3) is 5.56 Å². The number of carbonyl (C=O) groups excluding carboxylic acids is 1. The molecule has 1 aromatic heterocycles. The lowest BCUT2D eigenvalue weighted by molar-refractivity contribution is -0.135. The summed E-state index contributed by atoms with van der Waals surface area (Å²) in [6.45, 7) is 3.24. The third-order valence-electron chi connectivity index (χ3n) is 4.74. The van der Waals surface area contributed by atoms with Crippen LogP contribution < -0.4 is 11.2 Å². The Labute approximate surface area is 140 Å². The third-order valence-corrected chi connectivity index (χ3v) is 4.74. The van der Waals surface area contributed by atoms with Gasteiger partial charge in [0.2, 0.25) is 5.91 Å². The fourth-order valence-electron chi connectivity index (χ4n) is 3.43. The van der Waals surface area contributed by atoms with Crippen LogP contribution in [0.4, 0.5) is 0 Å². The molecular weight excluding hydrogens is 306 g/mol. The second-order valence-corrected chi connectivity index (χ2v) is 6.31. The van der Waals surface area contributed by atoms with E-state index in [0.29, 0.717) is 30.4 Å². The van der Waals surface area contributed by atoms with Gasteiger partial charge >= 0.3 is 5.69 Å². The van der Waals surface area contributed by atoms with Gasteiger partial charge in [0.1, 0.15) is 6.04 Å². The van der Waals surface area contributed by atoms with E-state index >= 15 is 0 Å². The number of hydrogen-bond donors (Lipinski definition) is 1. The summed E-state index contributed by atoms with van der Waals surface area (Å²) in [5, 5.41) is 0.430. The van der Waals surface area contributed by atoms with Crippen LogP contribution in [0.5, 0.6) is 0 Å². The summed E-state index contributed by atoms with van der Waals surface area (Å²) in [4.78, 5) is 42.7. The summed E-state index contributed by atoms with van der Waals surface area (Å²) < 4.78 is 1.09. The first-order chi connectivity index (χ1) is 11.6. The zero-order valence-corrected chi connectivity index (χ0v) is 14.0. The molecule has 1 aromatic carbocycles.